The summed E-state index contributed by atoms with van der Waals surface area (Å²) < 4.78 is 0. The molecule has 4 bridgehead atoms. The van der Waals surface area contributed by atoms with E-state index in [4.69, 9.17) is 5.73 Å². The zero-order chi connectivity index (χ0) is 15.9. The van der Waals surface area contributed by atoms with Crippen molar-refractivity contribution in [2.45, 2.75) is 56.9 Å². The minimum Gasteiger partial charge on any atom is -0.375 e. The molecule has 4 aliphatic rings. The van der Waals surface area contributed by atoms with E-state index in [0.717, 1.165) is 36.3 Å². The number of urea groups is 1. The van der Waals surface area contributed by atoms with Crippen molar-refractivity contribution in [3.63, 3.8) is 0 Å². The molecule has 0 radical (unpaired) electrons. The molecule has 0 aromatic carbocycles. The number of carbonyl (C=O) groups excluding carboxylic acids is 1. The number of nitrogens with zero attached hydrogens (tertiary/aromatic N) is 1. The zero-order valence-corrected chi connectivity index (χ0v) is 14.3. The van der Waals surface area contributed by atoms with E-state index in [1.807, 2.05) is 5.38 Å². The molecule has 0 saturated heterocycles. The minimum atomic E-state index is 0.0183. The Kier molecular flexibility index (Phi) is 3.95. The molecule has 4 saturated carbocycles. The number of aromatic nitrogens is 1. The number of carbonyl (C=O) groups is 1. The minimum absolute atomic E-state index is 0.0183. The summed E-state index contributed by atoms with van der Waals surface area (Å²) in [5.41, 5.74) is 6.75. The lowest BCUT2D eigenvalue weighted by atomic mass is 9.53. The summed E-state index contributed by atoms with van der Waals surface area (Å²) >= 11 is 1.47. The largest absolute Gasteiger partial charge is 0.375 e. The van der Waals surface area contributed by atoms with Gasteiger partial charge in [-0.15, -0.1) is 11.3 Å². The second-order valence-corrected chi connectivity index (χ2v) is 8.75. The molecule has 4 aliphatic carbocycles. The summed E-state index contributed by atoms with van der Waals surface area (Å²) in [5.74, 6) is 2.57. The van der Waals surface area contributed by atoms with Gasteiger partial charge in [0, 0.05) is 17.5 Å². The van der Waals surface area contributed by atoms with Gasteiger partial charge in [-0.05, 0) is 69.1 Å². The van der Waals surface area contributed by atoms with Gasteiger partial charge in [0.15, 0.2) is 5.13 Å². The quantitative estimate of drug-likeness (QED) is 0.724. The Morgan fingerprint density at radius 2 is 1.91 bits per heavy atom. The molecular weight excluding hydrogens is 308 g/mol. The summed E-state index contributed by atoms with van der Waals surface area (Å²) in [6.07, 6.45) is 9.57. The number of amides is 2. The van der Waals surface area contributed by atoms with E-state index in [9.17, 15) is 4.79 Å². The Hall–Kier alpha value is -1.30. The molecule has 4 N–H and O–H groups in total. The maximum Gasteiger partial charge on any atom is 0.315 e. The van der Waals surface area contributed by atoms with Gasteiger partial charge < -0.3 is 16.4 Å². The monoisotopic (exact) mass is 334 g/mol. The van der Waals surface area contributed by atoms with Gasteiger partial charge in [-0.25, -0.2) is 9.78 Å². The smallest absolute Gasteiger partial charge is 0.315 e. The van der Waals surface area contributed by atoms with E-state index in [1.165, 1.54) is 49.9 Å². The number of hydrogen-bond donors (Lipinski definition) is 3. The van der Waals surface area contributed by atoms with Crippen LogP contribution in [0.3, 0.4) is 0 Å². The third-order valence-electron chi connectivity index (χ3n) is 5.88. The standard InChI is InChI=1S/C17H26N4OS/c18-15-20-14(10-23-15)2-1-3-19-16(22)21-17-7-11-4-12(8-17)6-13(5-11)9-17/h10-13H,1-9H2,(H2,18,20)(H2,19,21,22). The average molecular weight is 334 g/mol. The molecule has 0 spiro atoms. The molecule has 5 nitrogen and oxygen atoms in total. The maximum absolute atomic E-state index is 12.3. The fourth-order valence-electron chi connectivity index (χ4n) is 5.46. The van der Waals surface area contributed by atoms with Crippen LogP contribution >= 0.6 is 11.3 Å². The molecule has 1 heterocycles. The van der Waals surface area contributed by atoms with Crippen molar-refractivity contribution in [3.05, 3.63) is 11.1 Å². The van der Waals surface area contributed by atoms with Gasteiger partial charge in [-0.1, -0.05) is 0 Å². The fraction of sp³-hybridized carbons (Fsp3) is 0.765. The SMILES string of the molecule is Nc1nc(CCCNC(=O)NC23CC4CC(CC(C4)C2)C3)cs1. The fourth-order valence-corrected chi connectivity index (χ4v) is 6.05. The Morgan fingerprint density at radius 3 is 2.48 bits per heavy atom. The summed E-state index contributed by atoms with van der Waals surface area (Å²) in [4.78, 5) is 16.5. The van der Waals surface area contributed by atoms with Crippen molar-refractivity contribution in [3.8, 4) is 0 Å². The van der Waals surface area contributed by atoms with Gasteiger partial charge in [0.05, 0.1) is 5.69 Å². The van der Waals surface area contributed by atoms with E-state index in [2.05, 4.69) is 15.6 Å². The normalized spacial score (nSPS) is 34.5. The van der Waals surface area contributed by atoms with E-state index >= 15 is 0 Å². The van der Waals surface area contributed by atoms with Crippen LogP contribution in [0.25, 0.3) is 0 Å². The first-order chi connectivity index (χ1) is 11.1. The summed E-state index contributed by atoms with van der Waals surface area (Å²) in [5, 5.41) is 8.98. The van der Waals surface area contributed by atoms with Crippen LogP contribution in [0.1, 0.15) is 50.6 Å². The maximum atomic E-state index is 12.3. The molecule has 1 aromatic rings. The molecule has 0 aliphatic heterocycles. The van der Waals surface area contributed by atoms with Crippen molar-refractivity contribution in [2.75, 3.05) is 12.3 Å². The number of aryl methyl sites for hydroxylation is 1. The van der Waals surface area contributed by atoms with Gasteiger partial charge in [-0.3, -0.25) is 0 Å². The Bertz CT molecular complexity index is 550. The molecule has 4 fully saturated rings. The predicted octanol–water partition coefficient (Wildman–Crippen LogP) is 2.93. The van der Waals surface area contributed by atoms with Gasteiger partial charge in [0.25, 0.3) is 0 Å². The van der Waals surface area contributed by atoms with Gasteiger partial charge in [-0.2, -0.15) is 0 Å². The molecule has 2 amide bonds. The van der Waals surface area contributed by atoms with Crippen molar-refractivity contribution >= 4 is 22.5 Å². The molecule has 0 unspecified atom stereocenters. The number of nitrogens with one attached hydrogen (secondary N) is 2. The third-order valence-corrected chi connectivity index (χ3v) is 6.60. The van der Waals surface area contributed by atoms with E-state index < -0.39 is 0 Å². The highest BCUT2D eigenvalue weighted by atomic mass is 32.1. The molecule has 5 rings (SSSR count). The van der Waals surface area contributed by atoms with Crippen LogP contribution in [-0.2, 0) is 6.42 Å². The number of thiazole rings is 1. The second-order valence-electron chi connectivity index (χ2n) is 7.86. The molecular formula is C17H26N4OS. The van der Waals surface area contributed by atoms with Gasteiger partial charge >= 0.3 is 6.03 Å². The summed E-state index contributed by atoms with van der Waals surface area (Å²) in [6, 6.07) is 0.0183. The van der Waals surface area contributed by atoms with Crippen molar-refractivity contribution < 1.29 is 4.79 Å². The van der Waals surface area contributed by atoms with Crippen molar-refractivity contribution in [1.82, 2.24) is 15.6 Å². The first-order valence-electron chi connectivity index (χ1n) is 8.86. The molecule has 0 atom stereocenters. The first-order valence-corrected chi connectivity index (χ1v) is 9.74. The lowest BCUT2D eigenvalue weighted by Gasteiger charge is -2.56. The van der Waals surface area contributed by atoms with E-state index in [1.54, 1.807) is 0 Å². The van der Waals surface area contributed by atoms with E-state index in [-0.39, 0.29) is 11.6 Å². The van der Waals surface area contributed by atoms with Crippen LogP contribution in [0.5, 0.6) is 0 Å². The number of anilines is 1. The third kappa shape index (κ3) is 3.32. The van der Waals surface area contributed by atoms with Crippen molar-refractivity contribution in [2.24, 2.45) is 17.8 Å². The Labute approximate surface area is 141 Å². The lowest BCUT2D eigenvalue weighted by Crippen LogP contribution is -2.61. The zero-order valence-electron chi connectivity index (χ0n) is 13.5. The van der Waals surface area contributed by atoms with Crippen LogP contribution in [0.2, 0.25) is 0 Å². The first kappa shape index (κ1) is 15.2. The number of nitrogens with two attached hydrogens (primary N) is 1. The second kappa shape index (κ2) is 5.96. The van der Waals surface area contributed by atoms with Crippen LogP contribution in [0, 0.1) is 17.8 Å². The highest BCUT2D eigenvalue weighted by molar-refractivity contribution is 7.13. The highest BCUT2D eigenvalue weighted by Gasteiger charge is 2.51. The van der Waals surface area contributed by atoms with Crippen LogP contribution < -0.4 is 16.4 Å². The van der Waals surface area contributed by atoms with Gasteiger partial charge in [0.2, 0.25) is 0 Å². The molecule has 23 heavy (non-hydrogen) atoms. The van der Waals surface area contributed by atoms with Gasteiger partial charge in [0.1, 0.15) is 0 Å². The average Bonchev–Trinajstić information content (AvgIpc) is 2.87. The highest BCUT2D eigenvalue weighted by Crippen LogP contribution is 2.55. The lowest BCUT2D eigenvalue weighted by molar-refractivity contribution is -0.0135. The number of hydrogen-bond acceptors (Lipinski definition) is 4. The van der Waals surface area contributed by atoms with Crippen LogP contribution in [0.15, 0.2) is 5.38 Å². The Balaban J connectivity index is 1.23. The number of nitrogen functional groups attached to an aromatic ring is 1. The summed E-state index contributed by atoms with van der Waals surface area (Å²) in [6.45, 7) is 0.690. The molecule has 6 heteroatoms. The molecule has 1 aromatic heterocycles. The van der Waals surface area contributed by atoms with Crippen molar-refractivity contribution in [1.29, 1.82) is 0 Å². The topological polar surface area (TPSA) is 80.0 Å². The Morgan fingerprint density at radius 1 is 1.26 bits per heavy atom. The predicted molar refractivity (Wildman–Crippen MR) is 92.3 cm³/mol. The van der Waals surface area contributed by atoms with E-state index in [0.29, 0.717) is 11.7 Å². The van der Waals surface area contributed by atoms with Crippen LogP contribution in [-0.4, -0.2) is 23.1 Å². The summed E-state index contributed by atoms with van der Waals surface area (Å²) in [7, 11) is 0. The number of rotatable bonds is 5. The molecule has 126 valence electrons. The van der Waals surface area contributed by atoms with Crippen LogP contribution in [0.4, 0.5) is 9.93 Å².